The Morgan fingerprint density at radius 1 is 1.26 bits per heavy atom. The minimum atomic E-state index is 0. The second-order valence-corrected chi connectivity index (χ2v) is 4.50. The van der Waals surface area contributed by atoms with Crippen molar-refractivity contribution in [1.82, 2.24) is 9.78 Å². The second-order valence-electron chi connectivity index (χ2n) is 4.50. The van der Waals surface area contributed by atoms with Crippen LogP contribution >= 0.6 is 12.4 Å². The van der Waals surface area contributed by atoms with Gasteiger partial charge < -0.3 is 10.1 Å². The first kappa shape index (κ1) is 15.4. The van der Waals surface area contributed by atoms with Gasteiger partial charge in [0.05, 0.1) is 19.0 Å². The first-order chi connectivity index (χ1) is 8.69. The molecule has 2 rings (SSSR count). The molecule has 104 valence electrons. The van der Waals surface area contributed by atoms with E-state index in [-0.39, 0.29) is 12.4 Å². The Hall–Kier alpha value is -1.68. The lowest BCUT2D eigenvalue weighted by Crippen LogP contribution is -2.01. The number of aromatic nitrogens is 2. The van der Waals surface area contributed by atoms with Crippen molar-refractivity contribution in [1.29, 1.82) is 0 Å². The molecular formula is C14H20ClN3O. The summed E-state index contributed by atoms with van der Waals surface area (Å²) in [5.74, 6) is 0.881. The quantitative estimate of drug-likeness (QED) is 0.912. The monoisotopic (exact) mass is 281 g/mol. The Labute approximate surface area is 120 Å². The van der Waals surface area contributed by atoms with Crippen LogP contribution < -0.4 is 10.1 Å². The van der Waals surface area contributed by atoms with E-state index in [1.807, 2.05) is 29.2 Å². The van der Waals surface area contributed by atoms with Crippen molar-refractivity contribution >= 4 is 18.1 Å². The average Bonchev–Trinajstić information content (AvgIpc) is 2.86. The van der Waals surface area contributed by atoms with Crippen LogP contribution in [0.4, 0.5) is 5.69 Å². The molecule has 0 saturated carbocycles. The third kappa shape index (κ3) is 4.17. The number of hydrogen-bond acceptors (Lipinski definition) is 3. The van der Waals surface area contributed by atoms with E-state index in [9.17, 15) is 0 Å². The summed E-state index contributed by atoms with van der Waals surface area (Å²) in [6.45, 7) is 5.01. The topological polar surface area (TPSA) is 39.1 Å². The molecule has 1 N–H and O–H groups in total. The molecule has 0 atom stereocenters. The van der Waals surface area contributed by atoms with Crippen molar-refractivity contribution in [2.24, 2.45) is 0 Å². The molecule has 19 heavy (non-hydrogen) atoms. The van der Waals surface area contributed by atoms with Crippen LogP contribution in [0.15, 0.2) is 36.7 Å². The second kappa shape index (κ2) is 7.04. The molecule has 0 saturated heterocycles. The third-order valence-electron chi connectivity index (χ3n) is 2.79. The molecule has 0 aliphatic rings. The van der Waals surface area contributed by atoms with Crippen molar-refractivity contribution < 1.29 is 4.74 Å². The molecule has 0 aliphatic heterocycles. The number of nitrogens with zero attached hydrogens (tertiary/aromatic N) is 2. The van der Waals surface area contributed by atoms with Gasteiger partial charge in [-0.2, -0.15) is 5.10 Å². The minimum Gasteiger partial charge on any atom is -0.497 e. The number of benzene rings is 1. The fraction of sp³-hybridized carbons (Fsp3) is 0.357. The zero-order valence-corrected chi connectivity index (χ0v) is 12.3. The summed E-state index contributed by atoms with van der Waals surface area (Å²) in [6.07, 6.45) is 3.87. The summed E-state index contributed by atoms with van der Waals surface area (Å²) in [5.41, 5.74) is 2.26. The highest BCUT2D eigenvalue weighted by Gasteiger charge is 2.01. The van der Waals surface area contributed by atoms with Crippen LogP contribution in [-0.4, -0.2) is 16.9 Å². The van der Waals surface area contributed by atoms with Crippen molar-refractivity contribution in [3.63, 3.8) is 0 Å². The lowest BCUT2D eigenvalue weighted by Gasteiger charge is -2.06. The molecule has 0 amide bonds. The van der Waals surface area contributed by atoms with Gasteiger partial charge >= 0.3 is 0 Å². The van der Waals surface area contributed by atoms with E-state index in [0.29, 0.717) is 6.04 Å². The van der Waals surface area contributed by atoms with E-state index in [1.54, 1.807) is 7.11 Å². The molecule has 0 unspecified atom stereocenters. The van der Waals surface area contributed by atoms with Gasteiger partial charge in [0.15, 0.2) is 0 Å². The number of nitrogens with one attached hydrogen (secondary N) is 1. The maximum atomic E-state index is 5.13. The number of rotatable bonds is 5. The van der Waals surface area contributed by atoms with Gasteiger partial charge in [-0.3, -0.25) is 4.68 Å². The van der Waals surface area contributed by atoms with E-state index < -0.39 is 0 Å². The van der Waals surface area contributed by atoms with E-state index in [0.717, 1.165) is 18.0 Å². The van der Waals surface area contributed by atoms with Gasteiger partial charge in [-0.05, 0) is 31.5 Å². The SMILES string of the molecule is COc1ccc(CNc2cnn(C(C)C)c2)cc1.Cl. The average molecular weight is 282 g/mol. The van der Waals surface area contributed by atoms with Crippen LogP contribution in [0.25, 0.3) is 0 Å². The molecular weight excluding hydrogens is 262 g/mol. The minimum absolute atomic E-state index is 0. The van der Waals surface area contributed by atoms with Crippen molar-refractivity contribution in [2.45, 2.75) is 26.4 Å². The van der Waals surface area contributed by atoms with E-state index in [1.165, 1.54) is 5.56 Å². The summed E-state index contributed by atoms with van der Waals surface area (Å²) >= 11 is 0. The van der Waals surface area contributed by atoms with Gasteiger partial charge in [-0.15, -0.1) is 12.4 Å². The highest BCUT2D eigenvalue weighted by atomic mass is 35.5. The van der Waals surface area contributed by atoms with Gasteiger partial charge in [-0.1, -0.05) is 12.1 Å². The molecule has 1 aromatic carbocycles. The molecule has 0 aliphatic carbocycles. The summed E-state index contributed by atoms with van der Waals surface area (Å²) in [6, 6.07) is 8.43. The van der Waals surface area contributed by atoms with E-state index in [4.69, 9.17) is 4.74 Å². The normalized spacial score (nSPS) is 10.1. The van der Waals surface area contributed by atoms with Crippen LogP contribution in [0.2, 0.25) is 0 Å². The van der Waals surface area contributed by atoms with Gasteiger partial charge in [-0.25, -0.2) is 0 Å². The highest BCUT2D eigenvalue weighted by Crippen LogP contribution is 2.14. The first-order valence-electron chi connectivity index (χ1n) is 6.10. The van der Waals surface area contributed by atoms with E-state index >= 15 is 0 Å². The van der Waals surface area contributed by atoms with Crippen LogP contribution in [0.3, 0.4) is 0 Å². The lowest BCUT2D eigenvalue weighted by atomic mass is 10.2. The van der Waals surface area contributed by atoms with Crippen molar-refractivity contribution in [2.75, 3.05) is 12.4 Å². The number of anilines is 1. The predicted molar refractivity (Wildman–Crippen MR) is 80.2 cm³/mol. The first-order valence-corrected chi connectivity index (χ1v) is 6.10. The highest BCUT2D eigenvalue weighted by molar-refractivity contribution is 5.85. The zero-order chi connectivity index (χ0) is 13.0. The molecule has 5 heteroatoms. The molecule has 1 aromatic heterocycles. The summed E-state index contributed by atoms with van der Waals surface area (Å²) < 4.78 is 7.07. The summed E-state index contributed by atoms with van der Waals surface area (Å²) in [4.78, 5) is 0. The number of hydrogen-bond donors (Lipinski definition) is 1. The standard InChI is InChI=1S/C14H19N3O.ClH/c1-11(2)17-10-13(9-16-17)15-8-12-4-6-14(18-3)7-5-12;/h4-7,9-11,15H,8H2,1-3H3;1H. The predicted octanol–water partition coefficient (Wildman–Crippen LogP) is 3.51. The van der Waals surface area contributed by atoms with Gasteiger partial charge in [0.1, 0.15) is 5.75 Å². The molecule has 0 radical (unpaired) electrons. The summed E-state index contributed by atoms with van der Waals surface area (Å²) in [5, 5.41) is 7.64. The van der Waals surface area contributed by atoms with Crippen LogP contribution in [0.1, 0.15) is 25.5 Å². The Morgan fingerprint density at radius 3 is 2.47 bits per heavy atom. The van der Waals surface area contributed by atoms with E-state index in [2.05, 4.69) is 36.4 Å². The van der Waals surface area contributed by atoms with Crippen LogP contribution in [0.5, 0.6) is 5.75 Å². The fourth-order valence-electron chi connectivity index (χ4n) is 1.66. The molecule has 0 bridgehead atoms. The lowest BCUT2D eigenvalue weighted by molar-refractivity contribution is 0.414. The largest absolute Gasteiger partial charge is 0.497 e. The van der Waals surface area contributed by atoms with Gasteiger partial charge in [0.2, 0.25) is 0 Å². The van der Waals surface area contributed by atoms with Gasteiger partial charge in [0.25, 0.3) is 0 Å². The Bertz CT molecular complexity index is 494. The number of methoxy groups -OCH3 is 1. The molecule has 0 spiro atoms. The van der Waals surface area contributed by atoms with Crippen LogP contribution in [-0.2, 0) is 6.54 Å². The zero-order valence-electron chi connectivity index (χ0n) is 11.5. The van der Waals surface area contributed by atoms with Crippen molar-refractivity contribution in [3.05, 3.63) is 42.2 Å². The molecule has 2 aromatic rings. The Morgan fingerprint density at radius 2 is 1.95 bits per heavy atom. The Kier molecular flexibility index (Phi) is 5.70. The molecule has 1 heterocycles. The van der Waals surface area contributed by atoms with Crippen molar-refractivity contribution in [3.8, 4) is 5.75 Å². The third-order valence-corrected chi connectivity index (χ3v) is 2.79. The number of ether oxygens (including phenoxy) is 1. The molecule has 4 nitrogen and oxygen atoms in total. The van der Waals surface area contributed by atoms with Crippen LogP contribution in [0, 0.1) is 0 Å². The van der Waals surface area contributed by atoms with Gasteiger partial charge in [0, 0.05) is 18.8 Å². The Balaban J connectivity index is 0.00000180. The maximum absolute atomic E-state index is 5.13. The maximum Gasteiger partial charge on any atom is 0.118 e. The smallest absolute Gasteiger partial charge is 0.118 e. The molecule has 0 fully saturated rings. The summed E-state index contributed by atoms with van der Waals surface area (Å²) in [7, 11) is 1.67. The number of halogens is 1. The fourth-order valence-corrected chi connectivity index (χ4v) is 1.66.